The lowest BCUT2D eigenvalue weighted by Gasteiger charge is -2.32. The van der Waals surface area contributed by atoms with Crippen LogP contribution in [0.4, 0.5) is 5.69 Å². The molecule has 0 unspecified atom stereocenters. The Hall–Kier alpha value is -1.53. The van der Waals surface area contributed by atoms with Crippen LogP contribution >= 0.6 is 15.9 Å². The zero-order valence-corrected chi connectivity index (χ0v) is 12.2. The molecule has 0 spiro atoms. The highest BCUT2D eigenvalue weighted by atomic mass is 79.9. The van der Waals surface area contributed by atoms with Crippen LogP contribution in [-0.2, 0) is 14.3 Å². The highest BCUT2D eigenvalue weighted by Gasteiger charge is 2.35. The van der Waals surface area contributed by atoms with Crippen LogP contribution in [0, 0.1) is 0 Å². The second kappa shape index (κ2) is 5.10. The summed E-state index contributed by atoms with van der Waals surface area (Å²) in [6.07, 6.45) is -0.334. The molecule has 1 atom stereocenters. The Kier molecular flexibility index (Phi) is 3.43. The number of amides is 1. The first kappa shape index (κ1) is 13.5. The Morgan fingerprint density at radius 2 is 2.05 bits per heavy atom. The molecule has 1 amide bonds. The predicted molar refractivity (Wildman–Crippen MR) is 74.8 cm³/mol. The zero-order chi connectivity index (χ0) is 14.3. The molecule has 1 aromatic carbocycles. The molecule has 1 fully saturated rings. The third-order valence-electron chi connectivity index (χ3n) is 3.56. The number of ether oxygens (including phenoxy) is 1. The zero-order valence-electron chi connectivity index (χ0n) is 10.6. The number of hydrogen-bond donors (Lipinski definition) is 0. The van der Waals surface area contributed by atoms with Crippen LogP contribution in [0.2, 0.25) is 0 Å². The lowest BCUT2D eigenvalue weighted by molar-refractivity contribution is -0.134. The smallest absolute Gasteiger partial charge is 0.256 e. The molecule has 1 saturated heterocycles. The van der Waals surface area contributed by atoms with Gasteiger partial charge in [-0.05, 0) is 24.6 Å². The first-order chi connectivity index (χ1) is 9.58. The van der Waals surface area contributed by atoms with Gasteiger partial charge in [0.15, 0.2) is 0 Å². The van der Waals surface area contributed by atoms with E-state index in [-0.39, 0.29) is 24.3 Å². The van der Waals surface area contributed by atoms with Crippen LogP contribution in [0.15, 0.2) is 22.7 Å². The van der Waals surface area contributed by atoms with Crippen LogP contribution in [0.3, 0.4) is 0 Å². The van der Waals surface area contributed by atoms with E-state index in [0.29, 0.717) is 23.3 Å². The number of carbonyl (C=O) groups excluding carboxylic acids is 3. The molecule has 5 nitrogen and oxygen atoms in total. The minimum atomic E-state index is -0.630. The molecule has 20 heavy (non-hydrogen) atoms. The number of benzene rings is 1. The van der Waals surface area contributed by atoms with Gasteiger partial charge in [0.1, 0.15) is 6.10 Å². The molecule has 0 N–H and O–H groups in total. The van der Waals surface area contributed by atoms with Gasteiger partial charge in [-0.3, -0.25) is 14.4 Å². The van der Waals surface area contributed by atoms with Gasteiger partial charge in [-0.2, -0.15) is 0 Å². The van der Waals surface area contributed by atoms with Crippen LogP contribution in [0.5, 0.6) is 0 Å². The van der Waals surface area contributed by atoms with Crippen molar-refractivity contribution in [2.75, 3.05) is 18.1 Å². The van der Waals surface area contributed by atoms with Crippen LogP contribution in [0.25, 0.3) is 0 Å². The van der Waals surface area contributed by atoms with E-state index in [9.17, 15) is 14.4 Å². The maximum absolute atomic E-state index is 12.4. The number of rotatable bonds is 0. The fourth-order valence-electron chi connectivity index (χ4n) is 2.54. The van der Waals surface area contributed by atoms with Crippen molar-refractivity contribution in [1.29, 1.82) is 0 Å². The number of fused-ring (bicyclic) bond motifs is 4. The molecule has 6 heteroatoms. The van der Waals surface area contributed by atoms with Crippen molar-refractivity contribution < 1.29 is 19.1 Å². The van der Waals surface area contributed by atoms with Crippen LogP contribution in [0.1, 0.15) is 23.2 Å². The third-order valence-corrected chi connectivity index (χ3v) is 4.05. The summed E-state index contributed by atoms with van der Waals surface area (Å²) in [4.78, 5) is 38.1. The second-order valence-electron chi connectivity index (χ2n) is 4.80. The number of anilines is 1. The summed E-state index contributed by atoms with van der Waals surface area (Å²) < 4.78 is 6.11. The summed E-state index contributed by atoms with van der Waals surface area (Å²) >= 11 is 3.29. The lowest BCUT2D eigenvalue weighted by atomic mass is 10.0. The summed E-state index contributed by atoms with van der Waals surface area (Å²) in [5.41, 5.74) is 0.770. The number of carbonyl (C=O) groups is 3. The average molecular weight is 338 g/mol. The molecule has 0 aromatic heterocycles. The number of ketones is 2. The summed E-state index contributed by atoms with van der Waals surface area (Å²) in [5, 5.41) is 0. The number of halogens is 1. The summed E-state index contributed by atoms with van der Waals surface area (Å²) in [6.45, 7) is 0.805. The van der Waals surface area contributed by atoms with Crippen molar-refractivity contribution in [3.8, 4) is 0 Å². The quantitative estimate of drug-likeness (QED) is 0.676. The summed E-state index contributed by atoms with van der Waals surface area (Å²) in [5.74, 6) is -1.20. The van der Waals surface area contributed by atoms with Gasteiger partial charge in [-0.1, -0.05) is 15.9 Å². The Bertz CT molecular complexity index is 613. The molecule has 0 radical (unpaired) electrons. The van der Waals surface area contributed by atoms with Crippen molar-refractivity contribution in [2.45, 2.75) is 18.9 Å². The van der Waals surface area contributed by atoms with E-state index in [2.05, 4.69) is 15.9 Å². The van der Waals surface area contributed by atoms with E-state index in [0.717, 1.165) is 0 Å². The standard InChI is InChI=1S/C14H12BrNO4/c15-8-1-2-10-9(7-8)13(18)11(17)3-4-12-14(19)16(10)5-6-20-12/h1-2,7,12H,3-6H2/t12-/m1/s1. The Morgan fingerprint density at radius 3 is 2.85 bits per heavy atom. The van der Waals surface area contributed by atoms with Crippen LogP contribution < -0.4 is 4.90 Å². The highest BCUT2D eigenvalue weighted by molar-refractivity contribution is 9.10. The predicted octanol–water partition coefficient (Wildman–Crippen LogP) is 1.73. The molecule has 2 heterocycles. The molecule has 2 aliphatic rings. The van der Waals surface area contributed by atoms with E-state index >= 15 is 0 Å². The first-order valence-electron chi connectivity index (χ1n) is 6.38. The largest absolute Gasteiger partial charge is 0.367 e. The molecule has 0 saturated carbocycles. The average Bonchev–Trinajstić information content (AvgIpc) is 2.46. The SMILES string of the molecule is O=C1CC[C@H]2OCCN(C2=O)c2ccc(Br)cc2C1=O. The van der Waals surface area contributed by atoms with E-state index in [1.807, 2.05) is 0 Å². The molecular weight excluding hydrogens is 326 g/mol. The summed E-state index contributed by atoms with van der Waals surface area (Å²) in [7, 11) is 0. The first-order valence-corrected chi connectivity index (χ1v) is 7.17. The number of morpholine rings is 1. The second-order valence-corrected chi connectivity index (χ2v) is 5.72. The maximum atomic E-state index is 12.4. The molecule has 104 valence electrons. The van der Waals surface area contributed by atoms with Gasteiger partial charge >= 0.3 is 0 Å². The Balaban J connectivity index is 2.17. The fourth-order valence-corrected chi connectivity index (χ4v) is 2.90. The van der Waals surface area contributed by atoms with Gasteiger partial charge in [-0.15, -0.1) is 0 Å². The van der Waals surface area contributed by atoms with Gasteiger partial charge < -0.3 is 9.64 Å². The Morgan fingerprint density at radius 1 is 1.25 bits per heavy atom. The molecule has 3 rings (SSSR count). The lowest BCUT2D eigenvalue weighted by Crippen LogP contribution is -2.48. The number of Topliss-reactive ketones (excluding diaryl/α,β-unsaturated/α-hetero) is 2. The van der Waals surface area contributed by atoms with Gasteiger partial charge in [-0.25, -0.2) is 0 Å². The normalized spacial score (nSPS) is 22.9. The van der Waals surface area contributed by atoms with Gasteiger partial charge in [0.2, 0.25) is 11.6 Å². The minimum Gasteiger partial charge on any atom is -0.367 e. The van der Waals surface area contributed by atoms with Crippen LogP contribution in [-0.4, -0.2) is 36.7 Å². The molecular formula is C14H12BrNO4. The maximum Gasteiger partial charge on any atom is 0.256 e. The molecule has 1 aromatic rings. The van der Waals surface area contributed by atoms with Gasteiger partial charge in [0.25, 0.3) is 5.91 Å². The van der Waals surface area contributed by atoms with Crippen molar-refractivity contribution in [3.05, 3.63) is 28.2 Å². The van der Waals surface area contributed by atoms with Crippen molar-refractivity contribution in [3.63, 3.8) is 0 Å². The van der Waals surface area contributed by atoms with Gasteiger partial charge in [0, 0.05) is 17.4 Å². The monoisotopic (exact) mass is 337 g/mol. The van der Waals surface area contributed by atoms with Crippen molar-refractivity contribution in [1.82, 2.24) is 0 Å². The molecule has 2 aliphatic heterocycles. The number of hydrogen-bond acceptors (Lipinski definition) is 4. The molecule has 0 aliphatic carbocycles. The highest BCUT2D eigenvalue weighted by Crippen LogP contribution is 2.30. The van der Waals surface area contributed by atoms with E-state index in [1.54, 1.807) is 23.1 Å². The van der Waals surface area contributed by atoms with E-state index < -0.39 is 17.7 Å². The minimum absolute atomic E-state index is 0.0367. The number of nitrogens with zero attached hydrogens (tertiary/aromatic N) is 1. The fraction of sp³-hybridized carbons (Fsp3) is 0.357. The summed E-state index contributed by atoms with van der Waals surface area (Å²) in [6, 6.07) is 5.04. The van der Waals surface area contributed by atoms with E-state index in [4.69, 9.17) is 4.74 Å². The Labute approximate surface area is 124 Å². The van der Waals surface area contributed by atoms with Gasteiger partial charge in [0.05, 0.1) is 17.9 Å². The van der Waals surface area contributed by atoms with Crippen molar-refractivity contribution in [2.24, 2.45) is 0 Å². The topological polar surface area (TPSA) is 63.7 Å². The molecule has 2 bridgehead atoms. The van der Waals surface area contributed by atoms with E-state index in [1.165, 1.54) is 0 Å². The van der Waals surface area contributed by atoms with Crippen molar-refractivity contribution >= 4 is 39.1 Å². The third kappa shape index (κ3) is 2.19.